The molecule has 0 spiro atoms. The molecule has 0 fully saturated rings. The monoisotopic (exact) mass is 472 g/mol. The average Bonchev–Trinajstić information content (AvgIpc) is 2.81. The second kappa shape index (κ2) is 14.0. The lowest BCUT2D eigenvalue weighted by atomic mass is 10.1. The maximum Gasteiger partial charge on any atom is 0.262 e. The van der Waals surface area contributed by atoms with Crippen LogP contribution < -0.4 is 4.57 Å². The van der Waals surface area contributed by atoms with Crippen LogP contribution in [0.5, 0.6) is 0 Å². The number of aryl methyl sites for hydroxylation is 3. The van der Waals surface area contributed by atoms with Crippen molar-refractivity contribution in [2.24, 2.45) is 0 Å². The van der Waals surface area contributed by atoms with Crippen LogP contribution in [0.3, 0.4) is 0 Å². The van der Waals surface area contributed by atoms with Crippen LogP contribution in [0.15, 0.2) is 42.5 Å². The summed E-state index contributed by atoms with van der Waals surface area (Å²) >= 11 is 0. The van der Waals surface area contributed by atoms with Gasteiger partial charge in [0.1, 0.15) is 0 Å². The third-order valence-corrected chi connectivity index (χ3v) is 11.6. The number of rotatable bonds is 15. The van der Waals surface area contributed by atoms with Crippen LogP contribution in [0.2, 0.25) is 18.1 Å². The minimum atomic E-state index is -1.70. The molecule has 1 aromatic carbocycles. The number of ether oxygens (including phenoxy) is 2. The highest BCUT2D eigenvalue weighted by atomic mass is 28.4. The lowest BCUT2D eigenvalue weighted by Crippen LogP contribution is -2.46. The second-order valence-electron chi connectivity index (χ2n) is 9.29. The summed E-state index contributed by atoms with van der Waals surface area (Å²) in [6.07, 6.45) is 3.18. The van der Waals surface area contributed by atoms with E-state index in [0.29, 0.717) is 13.2 Å². The fraction of sp³-hybridized carbons (Fsp3) is 0.607. The molecule has 0 saturated heterocycles. The van der Waals surface area contributed by atoms with Gasteiger partial charge in [0.2, 0.25) is 0 Å². The largest absolute Gasteiger partial charge is 0.412 e. The minimum absolute atomic E-state index is 0.0435. The zero-order valence-corrected chi connectivity index (χ0v) is 23.0. The van der Waals surface area contributed by atoms with Gasteiger partial charge >= 0.3 is 0 Å². The van der Waals surface area contributed by atoms with Crippen LogP contribution in [-0.2, 0) is 20.5 Å². The Morgan fingerprint density at radius 3 is 2.03 bits per heavy atom. The Hall–Kier alpha value is -1.53. The van der Waals surface area contributed by atoms with Crippen molar-refractivity contribution in [2.45, 2.75) is 97.9 Å². The molecule has 0 N–H and O–H groups in total. The van der Waals surface area contributed by atoms with Crippen molar-refractivity contribution in [3.63, 3.8) is 0 Å². The molecule has 2 rings (SSSR count). The Labute approximate surface area is 203 Å². The van der Waals surface area contributed by atoms with Crippen molar-refractivity contribution in [2.75, 3.05) is 13.7 Å². The van der Waals surface area contributed by atoms with Crippen LogP contribution in [0, 0.1) is 20.8 Å². The van der Waals surface area contributed by atoms with Gasteiger partial charge in [0.15, 0.2) is 19.7 Å². The second-order valence-corrected chi connectivity index (χ2v) is 14.0. The van der Waals surface area contributed by atoms with Crippen LogP contribution in [-0.4, -0.2) is 28.1 Å². The molecule has 1 heterocycles. The van der Waals surface area contributed by atoms with Crippen molar-refractivity contribution in [1.82, 2.24) is 0 Å². The highest BCUT2D eigenvalue weighted by molar-refractivity contribution is 6.73. The number of benzene rings is 1. The summed E-state index contributed by atoms with van der Waals surface area (Å²) < 4.78 is 21.3. The van der Waals surface area contributed by atoms with Gasteiger partial charge in [-0.2, -0.15) is 4.57 Å². The van der Waals surface area contributed by atoms with Crippen molar-refractivity contribution >= 4 is 8.32 Å². The third kappa shape index (κ3) is 8.32. The fourth-order valence-corrected chi connectivity index (χ4v) is 7.75. The first kappa shape index (κ1) is 27.7. The van der Waals surface area contributed by atoms with E-state index in [1.165, 1.54) is 22.5 Å². The van der Waals surface area contributed by atoms with Crippen molar-refractivity contribution < 1.29 is 18.5 Å². The molecule has 33 heavy (non-hydrogen) atoms. The van der Waals surface area contributed by atoms with E-state index in [-0.39, 0.29) is 12.3 Å². The number of hydrogen-bond donors (Lipinski definition) is 0. The molecule has 2 aromatic rings. The Morgan fingerprint density at radius 2 is 1.48 bits per heavy atom. The lowest BCUT2D eigenvalue weighted by Gasteiger charge is -2.33. The molecule has 2 atom stereocenters. The van der Waals surface area contributed by atoms with Gasteiger partial charge in [-0.1, -0.05) is 51.1 Å². The normalized spacial score (nSPS) is 13.8. The fourth-order valence-electron chi connectivity index (χ4n) is 4.86. The Bertz CT molecular complexity index is 792. The Morgan fingerprint density at radius 1 is 0.879 bits per heavy atom. The quantitative estimate of drug-likeness (QED) is 0.210. The van der Waals surface area contributed by atoms with E-state index in [9.17, 15) is 0 Å². The Kier molecular flexibility index (Phi) is 11.8. The van der Waals surface area contributed by atoms with E-state index in [0.717, 1.165) is 37.4 Å². The molecule has 0 aliphatic heterocycles. The van der Waals surface area contributed by atoms with Crippen LogP contribution in [0.1, 0.15) is 68.8 Å². The van der Waals surface area contributed by atoms with Gasteiger partial charge in [-0.05, 0) is 49.0 Å². The van der Waals surface area contributed by atoms with Gasteiger partial charge in [0.25, 0.3) is 6.23 Å². The molecular formula is C28H46NO3Si+. The zero-order valence-electron chi connectivity index (χ0n) is 22.0. The first-order valence-corrected chi connectivity index (χ1v) is 15.2. The predicted octanol–water partition coefficient (Wildman–Crippen LogP) is 6.82. The highest BCUT2D eigenvalue weighted by Gasteiger charge is 2.32. The highest BCUT2D eigenvalue weighted by Crippen LogP contribution is 2.26. The summed E-state index contributed by atoms with van der Waals surface area (Å²) in [6.45, 7) is 14.6. The van der Waals surface area contributed by atoms with Gasteiger partial charge in [0, 0.05) is 39.5 Å². The number of hydrogen-bond acceptors (Lipinski definition) is 3. The first-order chi connectivity index (χ1) is 15.9. The molecule has 4 nitrogen and oxygen atoms in total. The molecule has 1 aromatic heterocycles. The van der Waals surface area contributed by atoms with E-state index < -0.39 is 8.32 Å². The van der Waals surface area contributed by atoms with Crippen LogP contribution in [0.4, 0.5) is 0 Å². The number of aromatic nitrogens is 1. The maximum absolute atomic E-state index is 6.87. The Balaban J connectivity index is 2.03. The molecule has 0 bridgehead atoms. The topological polar surface area (TPSA) is 31.6 Å². The number of nitrogens with zero attached hydrogens (tertiary/aromatic N) is 1. The maximum atomic E-state index is 6.87. The molecule has 0 aliphatic carbocycles. The number of pyridine rings is 1. The standard InChI is InChI=1S/C28H46NO3Si/c1-8-33(9-2,10-3)32-27(22-31-21-26-15-12-11-13-16-26)17-14-18-28(30-7)29-24(5)19-23(4)20-25(29)6/h11-13,15-16,19-20,27-28H,8-10,14,17-18,21-22H2,1-7H3/q+1. The van der Waals surface area contributed by atoms with Gasteiger partial charge in [-0.25, -0.2) is 0 Å². The van der Waals surface area contributed by atoms with E-state index in [1.54, 1.807) is 0 Å². The molecule has 0 amide bonds. The molecule has 184 valence electrons. The summed E-state index contributed by atoms with van der Waals surface area (Å²) in [5.41, 5.74) is 4.99. The molecule has 0 saturated carbocycles. The summed E-state index contributed by atoms with van der Waals surface area (Å²) in [4.78, 5) is 0. The zero-order chi connectivity index (χ0) is 24.3. The van der Waals surface area contributed by atoms with E-state index >= 15 is 0 Å². The average molecular weight is 473 g/mol. The summed E-state index contributed by atoms with van der Waals surface area (Å²) in [5.74, 6) is 0. The smallest absolute Gasteiger partial charge is 0.262 e. The van der Waals surface area contributed by atoms with Gasteiger partial charge in [-0.3, -0.25) is 0 Å². The van der Waals surface area contributed by atoms with Gasteiger partial charge in [-0.15, -0.1) is 0 Å². The SMILES string of the molecule is CC[Si](CC)(CC)OC(CCCC(OC)[n+]1c(C)cc(C)cc1C)COCc1ccccc1. The minimum Gasteiger partial charge on any atom is -0.412 e. The first-order valence-electron chi connectivity index (χ1n) is 12.7. The van der Waals surface area contributed by atoms with Crippen molar-refractivity contribution in [1.29, 1.82) is 0 Å². The van der Waals surface area contributed by atoms with Gasteiger partial charge < -0.3 is 13.9 Å². The lowest BCUT2D eigenvalue weighted by molar-refractivity contribution is -0.771. The van der Waals surface area contributed by atoms with E-state index in [4.69, 9.17) is 13.9 Å². The van der Waals surface area contributed by atoms with E-state index in [2.05, 4.69) is 82.5 Å². The third-order valence-electron chi connectivity index (χ3n) is 6.94. The van der Waals surface area contributed by atoms with Crippen molar-refractivity contribution in [3.05, 3.63) is 65.0 Å². The number of methoxy groups -OCH3 is 1. The molecule has 0 radical (unpaired) electrons. The predicted molar refractivity (Wildman–Crippen MR) is 139 cm³/mol. The summed E-state index contributed by atoms with van der Waals surface area (Å²) in [7, 11) is 0.116. The van der Waals surface area contributed by atoms with Crippen LogP contribution >= 0.6 is 0 Å². The summed E-state index contributed by atoms with van der Waals surface area (Å²) in [5, 5.41) is 0. The van der Waals surface area contributed by atoms with Gasteiger partial charge in [0.05, 0.1) is 19.3 Å². The van der Waals surface area contributed by atoms with E-state index in [1.807, 2.05) is 13.2 Å². The molecule has 2 unspecified atom stereocenters. The summed E-state index contributed by atoms with van der Waals surface area (Å²) in [6, 6.07) is 18.3. The van der Waals surface area contributed by atoms with Crippen LogP contribution in [0.25, 0.3) is 0 Å². The molecular weight excluding hydrogens is 426 g/mol. The van der Waals surface area contributed by atoms with Crippen molar-refractivity contribution in [3.8, 4) is 0 Å². The molecule has 0 aliphatic rings. The molecule has 5 heteroatoms.